The average Bonchev–Trinajstić information content (AvgIpc) is 3.08. The molecule has 6 nitrogen and oxygen atoms in total. The molecule has 0 unspecified atom stereocenters. The van der Waals surface area contributed by atoms with Crippen molar-refractivity contribution >= 4 is 11.0 Å². The van der Waals surface area contributed by atoms with E-state index in [4.69, 9.17) is 4.42 Å². The van der Waals surface area contributed by atoms with E-state index in [1.165, 1.54) is 17.7 Å². The minimum absolute atomic E-state index is 0.0572. The Kier molecular flexibility index (Phi) is 4.23. The molecule has 4 aromatic rings. The maximum absolute atomic E-state index is 11.8. The quantitative estimate of drug-likeness (QED) is 0.561. The monoisotopic (exact) mass is 347 g/mol. The molecule has 2 heterocycles. The number of phenols is 1. The van der Waals surface area contributed by atoms with Gasteiger partial charge < -0.3 is 9.52 Å². The van der Waals surface area contributed by atoms with Crippen LogP contribution in [0.25, 0.3) is 11.0 Å². The van der Waals surface area contributed by atoms with Crippen molar-refractivity contribution in [2.24, 2.45) is 0 Å². The molecule has 4 rings (SSSR count). The van der Waals surface area contributed by atoms with E-state index in [0.717, 1.165) is 29.5 Å². The molecule has 1 N–H and O–H groups in total. The highest BCUT2D eigenvalue weighted by atomic mass is 16.4. The van der Waals surface area contributed by atoms with Gasteiger partial charge in [-0.25, -0.2) is 9.48 Å². The van der Waals surface area contributed by atoms with Crippen LogP contribution >= 0.6 is 0 Å². The lowest BCUT2D eigenvalue weighted by atomic mass is 10.1. The van der Waals surface area contributed by atoms with Crippen LogP contribution in [0.3, 0.4) is 0 Å². The number of benzene rings is 2. The van der Waals surface area contributed by atoms with Crippen LogP contribution in [0.15, 0.2) is 70.0 Å². The summed E-state index contributed by atoms with van der Waals surface area (Å²) >= 11 is 0. The molecule has 26 heavy (non-hydrogen) atoms. The molecule has 0 aliphatic heterocycles. The highest BCUT2D eigenvalue weighted by Crippen LogP contribution is 2.22. The van der Waals surface area contributed by atoms with Crippen LogP contribution in [0.1, 0.15) is 16.8 Å². The van der Waals surface area contributed by atoms with Crippen LogP contribution in [0, 0.1) is 0 Å². The Balaban J connectivity index is 1.54. The Hall–Kier alpha value is -3.41. The first-order chi connectivity index (χ1) is 12.7. The molecular formula is C20H17N3O3. The van der Waals surface area contributed by atoms with E-state index >= 15 is 0 Å². The Morgan fingerprint density at radius 1 is 1.04 bits per heavy atom. The van der Waals surface area contributed by atoms with Gasteiger partial charge in [0, 0.05) is 23.7 Å². The molecule has 130 valence electrons. The van der Waals surface area contributed by atoms with Crippen molar-refractivity contribution in [1.29, 1.82) is 0 Å². The molecule has 0 atom stereocenters. The van der Waals surface area contributed by atoms with Crippen molar-refractivity contribution in [3.63, 3.8) is 0 Å². The molecule has 0 aliphatic carbocycles. The molecule has 0 fully saturated rings. The lowest BCUT2D eigenvalue weighted by Crippen LogP contribution is -2.06. The van der Waals surface area contributed by atoms with Gasteiger partial charge in [0.15, 0.2) is 0 Å². The van der Waals surface area contributed by atoms with E-state index in [1.54, 1.807) is 16.8 Å². The lowest BCUT2D eigenvalue weighted by molar-refractivity contribution is 0.473. The highest BCUT2D eigenvalue weighted by Gasteiger charge is 2.09. The number of aromatic nitrogens is 3. The number of rotatable bonds is 5. The molecule has 2 aromatic carbocycles. The van der Waals surface area contributed by atoms with Crippen molar-refractivity contribution in [2.75, 3.05) is 0 Å². The highest BCUT2D eigenvalue weighted by molar-refractivity contribution is 5.81. The normalized spacial score (nSPS) is 11.1. The van der Waals surface area contributed by atoms with Crippen molar-refractivity contribution in [3.05, 3.63) is 88.0 Å². The molecule has 0 saturated heterocycles. The van der Waals surface area contributed by atoms with Crippen molar-refractivity contribution in [2.45, 2.75) is 19.4 Å². The van der Waals surface area contributed by atoms with Crippen molar-refractivity contribution in [3.8, 4) is 5.75 Å². The second-order valence-electron chi connectivity index (χ2n) is 6.16. The fourth-order valence-corrected chi connectivity index (χ4v) is 2.97. The maximum atomic E-state index is 11.8. The van der Waals surface area contributed by atoms with Gasteiger partial charge >= 0.3 is 5.63 Å². The molecule has 0 spiro atoms. The number of aromatic hydroxyl groups is 1. The van der Waals surface area contributed by atoms with Gasteiger partial charge in [-0.15, -0.1) is 5.10 Å². The van der Waals surface area contributed by atoms with E-state index in [1.807, 2.05) is 24.4 Å². The second kappa shape index (κ2) is 6.84. The number of aryl methyl sites for hydroxylation is 2. The van der Waals surface area contributed by atoms with E-state index < -0.39 is 5.63 Å². The largest absolute Gasteiger partial charge is 0.508 e. The summed E-state index contributed by atoms with van der Waals surface area (Å²) in [5, 5.41) is 18.7. The summed E-state index contributed by atoms with van der Waals surface area (Å²) in [6.45, 7) is 0.408. The third kappa shape index (κ3) is 3.49. The second-order valence-corrected chi connectivity index (χ2v) is 6.16. The maximum Gasteiger partial charge on any atom is 0.336 e. The van der Waals surface area contributed by atoms with Crippen LogP contribution in [0.5, 0.6) is 5.75 Å². The SMILES string of the molecule is O=c1cc(Cn2cc(CCc3ccccc3)nn2)c2ccc(O)cc2o1. The van der Waals surface area contributed by atoms with Crippen LogP contribution in [0.4, 0.5) is 0 Å². The molecule has 0 saturated carbocycles. The Bertz CT molecular complexity index is 1100. The topological polar surface area (TPSA) is 81.2 Å². The van der Waals surface area contributed by atoms with Gasteiger partial charge in [-0.1, -0.05) is 35.5 Å². The number of hydrogen-bond acceptors (Lipinski definition) is 5. The van der Waals surface area contributed by atoms with E-state index in [-0.39, 0.29) is 5.75 Å². The fourth-order valence-electron chi connectivity index (χ4n) is 2.97. The zero-order valence-corrected chi connectivity index (χ0v) is 14.0. The summed E-state index contributed by atoms with van der Waals surface area (Å²) in [5.41, 5.74) is 2.84. The number of fused-ring (bicyclic) bond motifs is 1. The Morgan fingerprint density at radius 2 is 1.88 bits per heavy atom. The molecule has 0 radical (unpaired) electrons. The third-order valence-electron chi connectivity index (χ3n) is 4.24. The van der Waals surface area contributed by atoms with E-state index in [2.05, 4.69) is 22.4 Å². The van der Waals surface area contributed by atoms with Gasteiger partial charge in [-0.3, -0.25) is 0 Å². The predicted molar refractivity (Wildman–Crippen MR) is 97.1 cm³/mol. The van der Waals surface area contributed by atoms with Crippen molar-refractivity contribution < 1.29 is 9.52 Å². The molecule has 2 aromatic heterocycles. The van der Waals surface area contributed by atoms with Gasteiger partial charge in [0.2, 0.25) is 0 Å². The van der Waals surface area contributed by atoms with Gasteiger partial charge in [-0.05, 0) is 36.1 Å². The van der Waals surface area contributed by atoms with Crippen LogP contribution in [0.2, 0.25) is 0 Å². The minimum Gasteiger partial charge on any atom is -0.508 e. The minimum atomic E-state index is -0.456. The summed E-state index contributed by atoms with van der Waals surface area (Å²) in [6, 6.07) is 16.4. The fraction of sp³-hybridized carbons (Fsp3) is 0.150. The number of nitrogens with zero attached hydrogens (tertiary/aromatic N) is 3. The summed E-state index contributed by atoms with van der Waals surface area (Å²) in [7, 11) is 0. The molecule has 0 amide bonds. The number of phenolic OH excluding ortho intramolecular Hbond substituents is 1. The first kappa shape index (κ1) is 16.1. The third-order valence-corrected chi connectivity index (χ3v) is 4.24. The summed E-state index contributed by atoms with van der Waals surface area (Å²) < 4.78 is 6.86. The van der Waals surface area contributed by atoms with Gasteiger partial charge in [0.1, 0.15) is 11.3 Å². The first-order valence-corrected chi connectivity index (χ1v) is 8.36. The average molecular weight is 347 g/mol. The van der Waals surface area contributed by atoms with Gasteiger partial charge in [0.25, 0.3) is 0 Å². The van der Waals surface area contributed by atoms with E-state index in [9.17, 15) is 9.90 Å². The smallest absolute Gasteiger partial charge is 0.336 e. The molecule has 6 heteroatoms. The first-order valence-electron chi connectivity index (χ1n) is 8.36. The lowest BCUT2D eigenvalue weighted by Gasteiger charge is -2.05. The zero-order chi connectivity index (χ0) is 17.9. The molecule has 0 aliphatic rings. The predicted octanol–water partition coefficient (Wildman–Crippen LogP) is 2.92. The Labute approximate surface area is 149 Å². The summed E-state index contributed by atoms with van der Waals surface area (Å²) in [4.78, 5) is 11.8. The van der Waals surface area contributed by atoms with Gasteiger partial charge in [0.05, 0.1) is 12.2 Å². The van der Waals surface area contributed by atoms with Crippen molar-refractivity contribution in [1.82, 2.24) is 15.0 Å². The number of hydrogen-bond donors (Lipinski definition) is 1. The van der Waals surface area contributed by atoms with Crippen LogP contribution < -0.4 is 5.63 Å². The molecular weight excluding hydrogens is 330 g/mol. The Morgan fingerprint density at radius 3 is 2.73 bits per heavy atom. The van der Waals surface area contributed by atoms with Gasteiger partial charge in [-0.2, -0.15) is 0 Å². The summed E-state index contributed by atoms with van der Waals surface area (Å²) in [5.74, 6) is 0.0572. The zero-order valence-electron chi connectivity index (χ0n) is 14.0. The molecule has 0 bridgehead atoms. The standard InChI is InChI=1S/C20H17N3O3/c24-17-8-9-18-15(10-20(25)26-19(18)11-17)12-23-13-16(21-22-23)7-6-14-4-2-1-3-5-14/h1-5,8-11,13,24H,6-7,12H2. The van der Waals surface area contributed by atoms with Crippen LogP contribution in [-0.2, 0) is 19.4 Å². The van der Waals surface area contributed by atoms with E-state index in [0.29, 0.717) is 12.1 Å². The van der Waals surface area contributed by atoms with Crippen LogP contribution in [-0.4, -0.2) is 20.1 Å². The summed E-state index contributed by atoms with van der Waals surface area (Å²) in [6.07, 6.45) is 3.59.